The third kappa shape index (κ3) is 7.42. The number of carbonyl (C=O) groups excluding carboxylic acids is 2. The first-order valence-electron chi connectivity index (χ1n) is 15.9. The Bertz CT molecular complexity index is 1810. The Hall–Kier alpha value is -4.07. The number of nitrogens with one attached hydrogen (secondary N) is 1. The van der Waals surface area contributed by atoms with E-state index in [0.717, 1.165) is 19.3 Å². The fraction of sp³-hybridized carbons (Fsp3) is 0.529. The molecule has 47 heavy (non-hydrogen) atoms. The van der Waals surface area contributed by atoms with Crippen LogP contribution in [0.15, 0.2) is 18.3 Å². The standard InChI is InChI=1S/C34H45FN6O6/c1-19-24(35)16-25-23(17-37-41(25)26-11-9-10-12-45-26)28(19)40-30-22(27(29(36)42)31(40)39-32(43)47-34(6,7)8)15-21(20(2)38-30)18-44-13-14-46-33(3,4)5/h15-17,26H,9-14,18H2,1-8H3,(H2,36,42)(H,39,43). The molecule has 0 aliphatic carbocycles. The fourth-order valence-electron chi connectivity index (χ4n) is 5.73. The van der Waals surface area contributed by atoms with Gasteiger partial charge in [0.25, 0.3) is 5.91 Å². The summed E-state index contributed by atoms with van der Waals surface area (Å²) in [6.07, 6.45) is 3.10. The van der Waals surface area contributed by atoms with Crippen molar-refractivity contribution in [1.82, 2.24) is 19.3 Å². The molecule has 0 spiro atoms. The molecule has 1 unspecified atom stereocenters. The maximum Gasteiger partial charge on any atom is 0.413 e. The van der Waals surface area contributed by atoms with Crippen LogP contribution in [-0.2, 0) is 25.6 Å². The lowest BCUT2D eigenvalue weighted by Gasteiger charge is -2.24. The van der Waals surface area contributed by atoms with E-state index in [0.29, 0.717) is 58.7 Å². The number of fused-ring (bicyclic) bond motifs is 2. The van der Waals surface area contributed by atoms with Crippen molar-refractivity contribution in [3.05, 3.63) is 46.5 Å². The maximum absolute atomic E-state index is 15.9. The van der Waals surface area contributed by atoms with Gasteiger partial charge in [0.1, 0.15) is 22.9 Å². The number of carbonyl (C=O) groups is 2. The molecule has 1 fully saturated rings. The summed E-state index contributed by atoms with van der Waals surface area (Å²) in [6.45, 7) is 16.0. The zero-order valence-corrected chi connectivity index (χ0v) is 28.5. The summed E-state index contributed by atoms with van der Waals surface area (Å²) >= 11 is 0. The van der Waals surface area contributed by atoms with Gasteiger partial charge in [-0.3, -0.25) is 14.7 Å². The highest BCUT2D eigenvalue weighted by Gasteiger charge is 2.31. The molecule has 5 rings (SSSR count). The molecule has 1 atom stereocenters. The number of aromatic nitrogens is 4. The first kappa shape index (κ1) is 34.3. The molecule has 0 saturated carbocycles. The number of aryl methyl sites for hydroxylation is 1. The van der Waals surface area contributed by atoms with Crippen molar-refractivity contribution in [2.24, 2.45) is 5.73 Å². The molecule has 1 saturated heterocycles. The van der Waals surface area contributed by atoms with E-state index in [1.165, 1.54) is 6.07 Å². The van der Waals surface area contributed by atoms with E-state index in [2.05, 4.69) is 10.4 Å². The fourth-order valence-corrected chi connectivity index (χ4v) is 5.73. The maximum atomic E-state index is 15.9. The lowest BCUT2D eigenvalue weighted by atomic mass is 10.1. The quantitative estimate of drug-likeness (QED) is 0.192. The van der Waals surface area contributed by atoms with Gasteiger partial charge in [-0.1, -0.05) is 0 Å². The number of nitrogens with two attached hydrogens (primary N) is 1. The summed E-state index contributed by atoms with van der Waals surface area (Å²) < 4.78 is 42.3. The molecule has 254 valence electrons. The van der Waals surface area contributed by atoms with Crippen molar-refractivity contribution < 1.29 is 32.9 Å². The van der Waals surface area contributed by atoms with Gasteiger partial charge in [0.2, 0.25) is 0 Å². The minimum Gasteiger partial charge on any atom is -0.444 e. The van der Waals surface area contributed by atoms with E-state index >= 15 is 4.39 Å². The number of rotatable bonds is 9. The molecule has 4 aromatic rings. The van der Waals surface area contributed by atoms with Crippen LogP contribution in [0, 0.1) is 19.7 Å². The smallest absolute Gasteiger partial charge is 0.413 e. The minimum atomic E-state index is -0.840. The lowest BCUT2D eigenvalue weighted by molar-refractivity contribution is -0.0377. The molecule has 0 bridgehead atoms. The highest BCUT2D eigenvalue weighted by molar-refractivity contribution is 6.14. The van der Waals surface area contributed by atoms with Crippen LogP contribution in [0.5, 0.6) is 0 Å². The van der Waals surface area contributed by atoms with Crippen LogP contribution in [0.4, 0.5) is 15.0 Å². The summed E-state index contributed by atoms with van der Waals surface area (Å²) in [5.41, 5.74) is 7.58. The molecule has 12 nitrogen and oxygen atoms in total. The number of nitrogens with zero attached hydrogens (tertiary/aromatic N) is 4. The second-order valence-corrected chi connectivity index (χ2v) is 13.8. The minimum absolute atomic E-state index is 0.00182. The summed E-state index contributed by atoms with van der Waals surface area (Å²) in [4.78, 5) is 31.3. The van der Waals surface area contributed by atoms with Crippen LogP contribution >= 0.6 is 0 Å². The largest absolute Gasteiger partial charge is 0.444 e. The first-order valence-corrected chi connectivity index (χ1v) is 15.9. The zero-order valence-electron chi connectivity index (χ0n) is 28.5. The van der Waals surface area contributed by atoms with Gasteiger partial charge in [0.05, 0.1) is 48.4 Å². The molecule has 2 amide bonds. The van der Waals surface area contributed by atoms with Crippen molar-refractivity contribution >= 4 is 39.8 Å². The lowest BCUT2D eigenvalue weighted by Crippen LogP contribution is -2.29. The van der Waals surface area contributed by atoms with Gasteiger partial charge in [-0.2, -0.15) is 5.10 Å². The van der Waals surface area contributed by atoms with E-state index in [4.69, 9.17) is 29.7 Å². The number of hydrogen-bond acceptors (Lipinski definition) is 8. The Balaban J connectivity index is 1.71. The number of halogens is 1. The molecule has 3 N–H and O–H groups in total. The topological polar surface area (TPSA) is 145 Å². The highest BCUT2D eigenvalue weighted by atomic mass is 19.1. The van der Waals surface area contributed by atoms with Crippen LogP contribution in [0.2, 0.25) is 0 Å². The molecular formula is C34H45FN6O6. The molecule has 1 aliphatic heterocycles. The van der Waals surface area contributed by atoms with Crippen LogP contribution in [0.1, 0.15) is 94.2 Å². The number of ether oxygens (including phenoxy) is 4. The van der Waals surface area contributed by atoms with Gasteiger partial charge < -0.3 is 24.7 Å². The second-order valence-electron chi connectivity index (χ2n) is 13.8. The summed E-state index contributed by atoms with van der Waals surface area (Å²) in [5, 5.41) is 8.28. The van der Waals surface area contributed by atoms with E-state index in [1.54, 1.807) is 49.2 Å². The third-order valence-corrected chi connectivity index (χ3v) is 7.84. The van der Waals surface area contributed by atoms with Gasteiger partial charge >= 0.3 is 6.09 Å². The number of hydrogen-bond donors (Lipinski definition) is 2. The average molecular weight is 653 g/mol. The molecule has 1 aliphatic rings. The molecule has 0 radical (unpaired) electrons. The first-order chi connectivity index (χ1) is 22.1. The predicted molar refractivity (Wildman–Crippen MR) is 176 cm³/mol. The summed E-state index contributed by atoms with van der Waals surface area (Å²) in [7, 11) is 0. The predicted octanol–water partition coefficient (Wildman–Crippen LogP) is 6.61. The normalized spacial score (nSPS) is 15.8. The Labute approximate surface area is 273 Å². The zero-order chi connectivity index (χ0) is 34.3. The number of benzene rings is 1. The summed E-state index contributed by atoms with van der Waals surface area (Å²) in [6, 6.07) is 3.20. The van der Waals surface area contributed by atoms with Gasteiger partial charge in [-0.15, -0.1) is 0 Å². The van der Waals surface area contributed by atoms with Crippen LogP contribution in [0.3, 0.4) is 0 Å². The van der Waals surface area contributed by atoms with Crippen molar-refractivity contribution in [2.45, 2.75) is 98.7 Å². The molecule has 4 heterocycles. The Morgan fingerprint density at radius 1 is 1.09 bits per heavy atom. The van der Waals surface area contributed by atoms with Crippen LogP contribution < -0.4 is 11.1 Å². The third-order valence-electron chi connectivity index (χ3n) is 7.84. The van der Waals surface area contributed by atoms with E-state index in [1.807, 2.05) is 27.7 Å². The molecule has 3 aromatic heterocycles. The van der Waals surface area contributed by atoms with Crippen molar-refractivity contribution in [1.29, 1.82) is 0 Å². The van der Waals surface area contributed by atoms with Gasteiger partial charge in [-0.25, -0.2) is 18.9 Å². The van der Waals surface area contributed by atoms with E-state index < -0.39 is 23.4 Å². The molecule has 1 aromatic carbocycles. The highest BCUT2D eigenvalue weighted by Crippen LogP contribution is 2.39. The number of anilines is 1. The number of pyridine rings is 1. The van der Waals surface area contributed by atoms with E-state index in [9.17, 15) is 9.59 Å². The van der Waals surface area contributed by atoms with Gasteiger partial charge in [0, 0.05) is 34.7 Å². The Morgan fingerprint density at radius 3 is 2.47 bits per heavy atom. The average Bonchev–Trinajstić information content (AvgIpc) is 3.51. The van der Waals surface area contributed by atoms with Crippen molar-refractivity contribution in [3.8, 4) is 5.69 Å². The van der Waals surface area contributed by atoms with Crippen LogP contribution in [-0.4, -0.2) is 62.4 Å². The molecular weight excluding hydrogens is 607 g/mol. The van der Waals surface area contributed by atoms with E-state index in [-0.39, 0.29) is 35.4 Å². The molecule has 13 heteroatoms. The second kappa shape index (κ2) is 13.2. The number of primary amides is 1. The SMILES string of the molecule is Cc1nc2c(cc1COCCOC(C)(C)C)c(C(N)=O)c(NC(=O)OC(C)(C)C)n2-c1c(C)c(F)cc2c1cnn2C1CCCCO1. The van der Waals surface area contributed by atoms with Gasteiger partial charge in [-0.05, 0) is 86.3 Å². The van der Waals surface area contributed by atoms with Crippen molar-refractivity contribution in [2.75, 3.05) is 25.1 Å². The van der Waals surface area contributed by atoms with Crippen LogP contribution in [0.25, 0.3) is 27.6 Å². The Morgan fingerprint density at radius 2 is 1.83 bits per heavy atom. The van der Waals surface area contributed by atoms with Crippen molar-refractivity contribution in [3.63, 3.8) is 0 Å². The monoisotopic (exact) mass is 652 g/mol. The number of amides is 2. The van der Waals surface area contributed by atoms with Gasteiger partial charge in [0.15, 0.2) is 6.23 Å². The summed E-state index contributed by atoms with van der Waals surface area (Å²) in [5.74, 6) is -1.32. The Kier molecular flexibility index (Phi) is 9.63.